The van der Waals surface area contributed by atoms with E-state index in [1.54, 1.807) is 30.8 Å². The van der Waals surface area contributed by atoms with E-state index in [9.17, 15) is 4.79 Å². The summed E-state index contributed by atoms with van der Waals surface area (Å²) in [5.41, 5.74) is 2.58. The van der Waals surface area contributed by atoms with Crippen molar-refractivity contribution in [3.05, 3.63) is 65.4 Å². The minimum Gasteiger partial charge on any atom is -0.451 e. The zero-order chi connectivity index (χ0) is 17.8. The molecule has 130 valence electrons. The fourth-order valence-electron chi connectivity index (χ4n) is 2.81. The summed E-state index contributed by atoms with van der Waals surface area (Å²) in [6.45, 7) is 0.866. The molecule has 1 aromatic heterocycles. The Hall–Kier alpha value is -2.24. The number of carbonyl (C=O) groups excluding carboxylic acids is 1. The molecule has 0 fully saturated rings. The Morgan fingerprint density at radius 2 is 1.88 bits per heavy atom. The van der Waals surface area contributed by atoms with Gasteiger partial charge in [0.25, 0.3) is 5.91 Å². The first-order valence-corrected chi connectivity index (χ1v) is 9.24. The molecular weight excluding hydrogens is 334 g/mol. The fourth-order valence-corrected chi connectivity index (χ4v) is 3.22. The van der Waals surface area contributed by atoms with Crippen LogP contribution in [0.15, 0.2) is 57.8 Å². The fraction of sp³-hybridized carbons (Fsp3) is 0.250. The van der Waals surface area contributed by atoms with Crippen LogP contribution in [0, 0.1) is 0 Å². The predicted molar refractivity (Wildman–Crippen MR) is 101 cm³/mol. The lowest BCUT2D eigenvalue weighted by atomic mass is 10.1. The summed E-state index contributed by atoms with van der Waals surface area (Å²) in [7, 11) is 3.40. The second-order valence-corrected chi connectivity index (χ2v) is 6.73. The zero-order valence-corrected chi connectivity index (χ0v) is 15.4. The van der Waals surface area contributed by atoms with Gasteiger partial charge in [0.1, 0.15) is 5.58 Å². The first kappa shape index (κ1) is 17.6. The molecule has 0 aliphatic heterocycles. The number of fused-ring (bicyclic) bond motifs is 1. The summed E-state index contributed by atoms with van der Waals surface area (Å²) in [6.07, 6.45) is 2.05. The lowest BCUT2D eigenvalue weighted by molar-refractivity contribution is 0.0749. The molecule has 0 spiro atoms. The van der Waals surface area contributed by atoms with Gasteiger partial charge in [-0.25, -0.2) is 0 Å². The third-order valence-corrected chi connectivity index (χ3v) is 4.85. The number of hydrogen-bond acceptors (Lipinski definition) is 4. The van der Waals surface area contributed by atoms with Crippen LogP contribution in [0.2, 0.25) is 0 Å². The van der Waals surface area contributed by atoms with Gasteiger partial charge >= 0.3 is 0 Å². The maximum absolute atomic E-state index is 12.9. The first-order chi connectivity index (χ1) is 12.1. The molecule has 4 nitrogen and oxygen atoms in total. The topological polar surface area (TPSA) is 42.7 Å². The van der Waals surface area contributed by atoms with Gasteiger partial charge in [0.15, 0.2) is 5.76 Å². The Balaban J connectivity index is 1.86. The molecule has 0 saturated carbocycles. The normalized spacial score (nSPS) is 11.0. The molecule has 0 radical (unpaired) electrons. The number of furan rings is 1. The summed E-state index contributed by atoms with van der Waals surface area (Å²) in [5.74, 6) is 0.212. The van der Waals surface area contributed by atoms with Gasteiger partial charge in [0.05, 0.1) is 6.61 Å². The first-order valence-electron chi connectivity index (χ1n) is 8.01. The van der Waals surface area contributed by atoms with Crippen LogP contribution < -0.4 is 0 Å². The Labute approximate surface area is 151 Å². The van der Waals surface area contributed by atoms with Gasteiger partial charge in [-0.3, -0.25) is 4.79 Å². The van der Waals surface area contributed by atoms with Crippen molar-refractivity contribution in [2.24, 2.45) is 0 Å². The maximum Gasteiger partial charge on any atom is 0.290 e. The Morgan fingerprint density at radius 3 is 2.56 bits per heavy atom. The van der Waals surface area contributed by atoms with E-state index in [-0.39, 0.29) is 5.91 Å². The van der Waals surface area contributed by atoms with Crippen molar-refractivity contribution in [2.75, 3.05) is 20.4 Å². The smallest absolute Gasteiger partial charge is 0.290 e. The highest BCUT2D eigenvalue weighted by Gasteiger charge is 2.23. The molecule has 0 bridgehead atoms. The van der Waals surface area contributed by atoms with Gasteiger partial charge < -0.3 is 14.1 Å². The van der Waals surface area contributed by atoms with Gasteiger partial charge in [-0.05, 0) is 30.0 Å². The molecule has 0 N–H and O–H groups in total. The second-order valence-electron chi connectivity index (χ2n) is 5.85. The molecule has 3 rings (SSSR count). The quantitative estimate of drug-likeness (QED) is 0.607. The highest BCUT2D eigenvalue weighted by atomic mass is 32.2. The van der Waals surface area contributed by atoms with Crippen LogP contribution in [-0.2, 0) is 17.9 Å². The standard InChI is InChI=1S/C20H21NO3S/c1-21(12-14-8-10-15(25-3)11-9-14)20(22)19-17(13-23-2)16-6-4-5-7-18(16)24-19/h4-11H,12-13H2,1-3H3. The van der Waals surface area contributed by atoms with Crippen LogP contribution in [0.25, 0.3) is 11.0 Å². The number of amides is 1. The molecule has 1 amide bonds. The number of hydrogen-bond donors (Lipinski definition) is 0. The second kappa shape index (κ2) is 7.76. The molecule has 3 aromatic rings. The number of benzene rings is 2. The Kier molecular flexibility index (Phi) is 5.46. The molecule has 25 heavy (non-hydrogen) atoms. The summed E-state index contributed by atoms with van der Waals surface area (Å²) >= 11 is 1.70. The average molecular weight is 355 g/mol. The molecule has 0 aliphatic carbocycles. The van der Waals surface area contributed by atoms with Crippen molar-refractivity contribution in [1.82, 2.24) is 4.90 Å². The van der Waals surface area contributed by atoms with Crippen LogP contribution in [0.3, 0.4) is 0 Å². The van der Waals surface area contributed by atoms with Crippen LogP contribution in [0.1, 0.15) is 21.7 Å². The van der Waals surface area contributed by atoms with Crippen LogP contribution in [0.5, 0.6) is 0 Å². The molecule has 0 aliphatic rings. The van der Waals surface area contributed by atoms with Crippen molar-refractivity contribution in [3.8, 4) is 0 Å². The lowest BCUT2D eigenvalue weighted by Crippen LogP contribution is -2.26. The number of ether oxygens (including phenoxy) is 1. The molecule has 5 heteroatoms. The maximum atomic E-state index is 12.9. The van der Waals surface area contributed by atoms with Crippen molar-refractivity contribution in [1.29, 1.82) is 0 Å². The van der Waals surface area contributed by atoms with Crippen LogP contribution in [0.4, 0.5) is 0 Å². The minimum atomic E-state index is -0.141. The molecule has 0 atom stereocenters. The van der Waals surface area contributed by atoms with Gasteiger partial charge in [0.2, 0.25) is 0 Å². The van der Waals surface area contributed by atoms with Crippen LogP contribution >= 0.6 is 11.8 Å². The van der Waals surface area contributed by atoms with Crippen molar-refractivity contribution < 1.29 is 13.9 Å². The average Bonchev–Trinajstić information content (AvgIpc) is 3.01. The minimum absolute atomic E-state index is 0.141. The van der Waals surface area contributed by atoms with Crippen molar-refractivity contribution in [3.63, 3.8) is 0 Å². The molecular formula is C20H21NO3S. The SMILES string of the molecule is COCc1c(C(=O)N(C)Cc2ccc(SC)cc2)oc2ccccc12. The number of thioether (sulfide) groups is 1. The number of rotatable bonds is 6. The zero-order valence-electron chi connectivity index (χ0n) is 14.6. The van der Waals surface area contributed by atoms with Gasteiger partial charge in [-0.15, -0.1) is 11.8 Å². The van der Waals surface area contributed by atoms with E-state index in [4.69, 9.17) is 9.15 Å². The highest BCUT2D eigenvalue weighted by molar-refractivity contribution is 7.98. The van der Waals surface area contributed by atoms with Crippen LogP contribution in [-0.4, -0.2) is 31.2 Å². The molecule has 1 heterocycles. The lowest BCUT2D eigenvalue weighted by Gasteiger charge is -2.17. The molecule has 0 unspecified atom stereocenters. The summed E-state index contributed by atoms with van der Waals surface area (Å²) in [6, 6.07) is 15.9. The molecule has 2 aromatic carbocycles. The highest BCUT2D eigenvalue weighted by Crippen LogP contribution is 2.27. The van der Waals surface area contributed by atoms with Crippen molar-refractivity contribution in [2.45, 2.75) is 18.0 Å². The third kappa shape index (κ3) is 3.72. The van der Waals surface area contributed by atoms with Crippen molar-refractivity contribution >= 4 is 28.6 Å². The van der Waals surface area contributed by atoms with E-state index in [0.29, 0.717) is 24.5 Å². The van der Waals surface area contributed by atoms with Gasteiger partial charge in [0, 0.05) is 36.5 Å². The molecule has 0 saturated heterocycles. The van der Waals surface area contributed by atoms with Gasteiger partial charge in [-0.2, -0.15) is 0 Å². The Bertz CT molecular complexity index is 870. The largest absolute Gasteiger partial charge is 0.451 e. The number of para-hydroxylation sites is 1. The van der Waals surface area contributed by atoms with E-state index < -0.39 is 0 Å². The summed E-state index contributed by atoms with van der Waals surface area (Å²) < 4.78 is 11.1. The van der Waals surface area contributed by atoms with E-state index in [0.717, 1.165) is 16.5 Å². The third-order valence-electron chi connectivity index (χ3n) is 4.11. The van der Waals surface area contributed by atoms with E-state index in [1.807, 2.05) is 42.7 Å². The number of methoxy groups -OCH3 is 1. The number of carbonyl (C=O) groups is 1. The summed E-state index contributed by atoms with van der Waals surface area (Å²) in [5, 5.41) is 0.922. The Morgan fingerprint density at radius 1 is 1.16 bits per heavy atom. The predicted octanol–water partition coefficient (Wildman–Crippen LogP) is 4.57. The monoisotopic (exact) mass is 355 g/mol. The van der Waals surface area contributed by atoms with E-state index in [1.165, 1.54) is 4.90 Å². The number of nitrogens with zero attached hydrogens (tertiary/aromatic N) is 1. The van der Waals surface area contributed by atoms with Gasteiger partial charge in [-0.1, -0.05) is 30.3 Å². The van der Waals surface area contributed by atoms with E-state index in [2.05, 4.69) is 12.1 Å². The summed E-state index contributed by atoms with van der Waals surface area (Å²) in [4.78, 5) is 15.8. The van der Waals surface area contributed by atoms with E-state index >= 15 is 0 Å².